The van der Waals surface area contributed by atoms with Crippen LogP contribution in [0.15, 0.2) is 24.3 Å². The first-order chi connectivity index (χ1) is 11.9. The van der Waals surface area contributed by atoms with Crippen molar-refractivity contribution in [2.75, 3.05) is 25.3 Å². The van der Waals surface area contributed by atoms with Gasteiger partial charge in [-0.25, -0.2) is 4.98 Å². The van der Waals surface area contributed by atoms with E-state index in [1.54, 1.807) is 32.4 Å². The van der Waals surface area contributed by atoms with Crippen LogP contribution < -0.4 is 20.5 Å². The van der Waals surface area contributed by atoms with Gasteiger partial charge in [0.1, 0.15) is 21.2 Å². The molecule has 1 aromatic carbocycles. The molecule has 3 aromatic rings. The molecule has 0 spiro atoms. The van der Waals surface area contributed by atoms with Gasteiger partial charge in [-0.1, -0.05) is 0 Å². The number of rotatable bonds is 4. The third-order valence-corrected chi connectivity index (χ3v) is 5.09. The van der Waals surface area contributed by atoms with Gasteiger partial charge in [-0.15, -0.1) is 11.3 Å². The van der Waals surface area contributed by atoms with Crippen LogP contribution in [-0.2, 0) is 0 Å². The van der Waals surface area contributed by atoms with E-state index < -0.39 is 0 Å². The van der Waals surface area contributed by atoms with E-state index in [-0.39, 0.29) is 5.91 Å². The number of aromatic nitrogens is 1. The van der Waals surface area contributed by atoms with E-state index in [1.165, 1.54) is 11.3 Å². The fraction of sp³-hybridized carbons (Fsp3) is 0.222. The minimum absolute atomic E-state index is 0.286. The van der Waals surface area contributed by atoms with Crippen LogP contribution in [-0.4, -0.2) is 25.1 Å². The Morgan fingerprint density at radius 3 is 2.36 bits per heavy atom. The zero-order valence-corrected chi connectivity index (χ0v) is 15.3. The predicted octanol–water partition coefficient (Wildman–Crippen LogP) is 3.76. The highest BCUT2D eigenvalue weighted by Gasteiger charge is 2.18. The third-order valence-electron chi connectivity index (χ3n) is 3.98. The normalized spacial score (nSPS) is 10.7. The van der Waals surface area contributed by atoms with Gasteiger partial charge in [-0.2, -0.15) is 0 Å². The molecule has 0 aliphatic carbocycles. The second kappa shape index (κ2) is 6.60. The van der Waals surface area contributed by atoms with Crippen LogP contribution in [0.2, 0.25) is 0 Å². The lowest BCUT2D eigenvalue weighted by Crippen LogP contribution is -2.12. The van der Waals surface area contributed by atoms with Crippen molar-refractivity contribution in [1.29, 1.82) is 0 Å². The molecule has 3 N–H and O–H groups in total. The van der Waals surface area contributed by atoms with E-state index >= 15 is 0 Å². The summed E-state index contributed by atoms with van der Waals surface area (Å²) < 4.78 is 10.4. The van der Waals surface area contributed by atoms with Crippen LogP contribution in [0.25, 0.3) is 10.2 Å². The number of carbonyl (C=O) groups is 1. The average molecular weight is 357 g/mol. The summed E-state index contributed by atoms with van der Waals surface area (Å²) in [4.78, 5) is 18.4. The molecule has 6 nitrogen and oxygen atoms in total. The van der Waals surface area contributed by atoms with Crippen molar-refractivity contribution >= 4 is 38.8 Å². The molecular weight excluding hydrogens is 338 g/mol. The smallest absolute Gasteiger partial charge is 0.267 e. The summed E-state index contributed by atoms with van der Waals surface area (Å²) in [5.74, 6) is 0.893. The molecule has 0 fully saturated rings. The summed E-state index contributed by atoms with van der Waals surface area (Å²) in [7, 11) is 3.11. The number of fused-ring (bicyclic) bond motifs is 1. The molecule has 0 aliphatic heterocycles. The van der Waals surface area contributed by atoms with Gasteiger partial charge in [-0.05, 0) is 25.5 Å². The van der Waals surface area contributed by atoms with E-state index in [1.807, 2.05) is 19.9 Å². The lowest BCUT2D eigenvalue weighted by Gasteiger charge is -2.09. The largest absolute Gasteiger partial charge is 0.497 e. The maximum Gasteiger partial charge on any atom is 0.267 e. The molecule has 0 aliphatic rings. The van der Waals surface area contributed by atoms with Crippen molar-refractivity contribution in [3.63, 3.8) is 0 Å². The molecule has 25 heavy (non-hydrogen) atoms. The number of hydrogen-bond donors (Lipinski definition) is 2. The Balaban J connectivity index is 1.96. The number of ether oxygens (including phenoxy) is 2. The molecule has 2 heterocycles. The zero-order chi connectivity index (χ0) is 18.1. The number of anilines is 2. The van der Waals surface area contributed by atoms with Crippen LogP contribution in [0, 0.1) is 13.8 Å². The van der Waals surface area contributed by atoms with Crippen LogP contribution in [0.1, 0.15) is 20.9 Å². The molecule has 3 rings (SSSR count). The van der Waals surface area contributed by atoms with Crippen LogP contribution in [0.5, 0.6) is 11.5 Å². The number of hydrogen-bond acceptors (Lipinski definition) is 6. The fourth-order valence-corrected chi connectivity index (χ4v) is 3.48. The third kappa shape index (κ3) is 3.23. The minimum atomic E-state index is -0.286. The lowest BCUT2D eigenvalue weighted by molar-refractivity contribution is 0.103. The first-order valence-electron chi connectivity index (χ1n) is 7.63. The summed E-state index contributed by atoms with van der Waals surface area (Å²) in [6.07, 6.45) is 0. The van der Waals surface area contributed by atoms with Gasteiger partial charge < -0.3 is 20.5 Å². The van der Waals surface area contributed by atoms with Crippen LogP contribution in [0.4, 0.5) is 11.4 Å². The average Bonchev–Trinajstić information content (AvgIpc) is 2.91. The number of aryl methyl sites for hydroxylation is 2. The molecule has 0 saturated carbocycles. The van der Waals surface area contributed by atoms with Crippen molar-refractivity contribution in [3.8, 4) is 11.5 Å². The summed E-state index contributed by atoms with van der Waals surface area (Å²) >= 11 is 1.28. The highest BCUT2D eigenvalue weighted by atomic mass is 32.1. The SMILES string of the molecule is COc1cc(NC(=O)c2sc3nc(C)c(C)cc3c2N)cc(OC)c1. The quantitative estimate of drug-likeness (QED) is 0.742. The summed E-state index contributed by atoms with van der Waals surface area (Å²) in [6.45, 7) is 3.91. The summed E-state index contributed by atoms with van der Waals surface area (Å²) in [5, 5.41) is 3.65. The molecular formula is C18H19N3O3S. The number of carbonyl (C=O) groups excluding carboxylic acids is 1. The number of methoxy groups -OCH3 is 2. The first-order valence-corrected chi connectivity index (χ1v) is 8.45. The monoisotopic (exact) mass is 357 g/mol. The minimum Gasteiger partial charge on any atom is -0.497 e. The Bertz CT molecular complexity index is 944. The Kier molecular flexibility index (Phi) is 4.50. The molecule has 0 radical (unpaired) electrons. The molecule has 0 bridgehead atoms. The highest BCUT2D eigenvalue weighted by molar-refractivity contribution is 7.21. The van der Waals surface area contributed by atoms with Gasteiger partial charge in [-0.3, -0.25) is 4.79 Å². The van der Waals surface area contributed by atoms with E-state index in [2.05, 4.69) is 10.3 Å². The van der Waals surface area contributed by atoms with Crippen molar-refractivity contribution in [2.45, 2.75) is 13.8 Å². The number of benzene rings is 1. The van der Waals surface area contributed by atoms with Crippen LogP contribution in [0.3, 0.4) is 0 Å². The number of nitrogens with two attached hydrogens (primary N) is 1. The fourth-order valence-electron chi connectivity index (χ4n) is 2.46. The highest BCUT2D eigenvalue weighted by Crippen LogP contribution is 2.34. The molecule has 7 heteroatoms. The van der Waals surface area contributed by atoms with Gasteiger partial charge in [0.2, 0.25) is 0 Å². The number of thiophene rings is 1. The Morgan fingerprint density at radius 1 is 1.12 bits per heavy atom. The van der Waals surface area contributed by atoms with Crippen molar-refractivity contribution < 1.29 is 14.3 Å². The first kappa shape index (κ1) is 17.0. The number of nitrogens with zero attached hydrogens (tertiary/aromatic N) is 1. The number of nitrogen functional groups attached to an aromatic ring is 1. The molecule has 130 valence electrons. The van der Waals surface area contributed by atoms with E-state index in [4.69, 9.17) is 15.2 Å². The number of nitrogens with one attached hydrogen (secondary N) is 1. The Labute approximate surface area is 149 Å². The van der Waals surface area contributed by atoms with Crippen molar-refractivity contribution in [1.82, 2.24) is 4.98 Å². The summed E-state index contributed by atoms with van der Waals surface area (Å²) in [6, 6.07) is 7.14. The molecule has 0 atom stereocenters. The van der Waals surface area contributed by atoms with Gasteiger partial charge in [0, 0.05) is 35.0 Å². The molecule has 0 unspecified atom stereocenters. The Morgan fingerprint density at radius 2 is 1.76 bits per heavy atom. The van der Waals surface area contributed by atoms with E-state index in [9.17, 15) is 4.79 Å². The van der Waals surface area contributed by atoms with Crippen molar-refractivity contribution in [3.05, 3.63) is 40.4 Å². The van der Waals surface area contributed by atoms with Gasteiger partial charge in [0.15, 0.2) is 0 Å². The standard InChI is InChI=1S/C18H19N3O3S/c1-9-5-14-15(19)16(25-18(14)20-10(9)2)17(22)21-11-6-12(23-3)8-13(7-11)24-4/h5-8H,19H2,1-4H3,(H,21,22). The second-order valence-corrected chi connectivity index (χ2v) is 6.64. The van der Waals surface area contributed by atoms with Gasteiger partial charge in [0.25, 0.3) is 5.91 Å². The predicted molar refractivity (Wildman–Crippen MR) is 101 cm³/mol. The topological polar surface area (TPSA) is 86.5 Å². The number of amides is 1. The molecule has 0 saturated heterocycles. The number of pyridine rings is 1. The maximum absolute atomic E-state index is 12.7. The maximum atomic E-state index is 12.7. The molecule has 1 amide bonds. The summed E-state index contributed by atoms with van der Waals surface area (Å²) in [5.41, 5.74) is 9.17. The van der Waals surface area contributed by atoms with Crippen LogP contribution >= 0.6 is 11.3 Å². The Hall–Kier alpha value is -2.80. The molecule has 2 aromatic heterocycles. The lowest BCUT2D eigenvalue weighted by atomic mass is 10.1. The van der Waals surface area contributed by atoms with Crippen molar-refractivity contribution in [2.24, 2.45) is 0 Å². The second-order valence-electron chi connectivity index (χ2n) is 5.64. The zero-order valence-electron chi connectivity index (χ0n) is 14.5. The van der Waals surface area contributed by atoms with E-state index in [0.29, 0.717) is 27.8 Å². The van der Waals surface area contributed by atoms with Gasteiger partial charge in [0.05, 0.1) is 19.9 Å². The van der Waals surface area contributed by atoms with Gasteiger partial charge >= 0.3 is 0 Å². The van der Waals surface area contributed by atoms with E-state index in [0.717, 1.165) is 21.5 Å².